The topological polar surface area (TPSA) is 56.4 Å². The summed E-state index contributed by atoms with van der Waals surface area (Å²) in [6.07, 6.45) is 1.77. The van der Waals surface area contributed by atoms with Gasteiger partial charge in [0.2, 0.25) is 0 Å². The van der Waals surface area contributed by atoms with E-state index in [0.717, 1.165) is 10.9 Å². The number of carbonyl (C=O) groups is 2. The van der Waals surface area contributed by atoms with Gasteiger partial charge in [-0.05, 0) is 37.6 Å². The van der Waals surface area contributed by atoms with Gasteiger partial charge in [-0.25, -0.2) is 4.39 Å². The summed E-state index contributed by atoms with van der Waals surface area (Å²) in [5.74, 6) is -0.463. The number of rotatable bonds is 4. The van der Waals surface area contributed by atoms with Crippen LogP contribution < -0.4 is 0 Å². The maximum atomic E-state index is 13.8. The fraction of sp³-hybridized carbons (Fsp3) is 0.304. The van der Waals surface area contributed by atoms with Crippen molar-refractivity contribution in [3.8, 4) is 0 Å². The number of hydrogen-bond acceptors (Lipinski definition) is 3. The predicted molar refractivity (Wildman–Crippen MR) is 111 cm³/mol. The molecule has 1 saturated heterocycles. The van der Waals surface area contributed by atoms with Crippen LogP contribution in [-0.2, 0) is 0 Å². The minimum atomic E-state index is -0.368. The number of hydrogen-bond donors (Lipinski definition) is 1. The first kappa shape index (κ1) is 19.3. The van der Waals surface area contributed by atoms with Crippen molar-refractivity contribution < 1.29 is 14.0 Å². The van der Waals surface area contributed by atoms with E-state index in [1.54, 1.807) is 30.2 Å². The SMILES string of the molecule is Cc1ccc(C(=O)N2CCN(C(C)C(=O)c3c[nH]c4ccccc34)CC2)cc1F. The Kier molecular flexibility index (Phi) is 5.20. The molecule has 2 heterocycles. The smallest absolute Gasteiger partial charge is 0.254 e. The number of benzene rings is 2. The third-order valence-corrected chi connectivity index (χ3v) is 5.80. The van der Waals surface area contributed by atoms with E-state index in [0.29, 0.717) is 42.9 Å². The van der Waals surface area contributed by atoms with Crippen molar-refractivity contribution in [2.75, 3.05) is 26.2 Å². The molecular weight excluding hydrogens is 369 g/mol. The number of aromatic amines is 1. The van der Waals surface area contributed by atoms with E-state index in [-0.39, 0.29) is 23.5 Å². The van der Waals surface area contributed by atoms with Gasteiger partial charge in [-0.1, -0.05) is 24.3 Å². The van der Waals surface area contributed by atoms with Crippen LogP contribution in [0, 0.1) is 12.7 Å². The molecule has 1 aliphatic heterocycles. The predicted octanol–water partition coefficient (Wildman–Crippen LogP) is 3.64. The van der Waals surface area contributed by atoms with Crippen molar-refractivity contribution in [3.63, 3.8) is 0 Å². The summed E-state index contributed by atoms with van der Waals surface area (Å²) in [4.78, 5) is 32.7. The molecule has 0 spiro atoms. The summed E-state index contributed by atoms with van der Waals surface area (Å²) in [5.41, 5.74) is 2.53. The lowest BCUT2D eigenvalue weighted by Gasteiger charge is -2.37. The number of Topliss-reactive ketones (excluding diaryl/α,β-unsaturated/α-hetero) is 1. The van der Waals surface area contributed by atoms with Crippen molar-refractivity contribution >= 4 is 22.6 Å². The lowest BCUT2D eigenvalue weighted by atomic mass is 10.0. The van der Waals surface area contributed by atoms with Crippen LogP contribution in [0.3, 0.4) is 0 Å². The molecule has 1 unspecified atom stereocenters. The van der Waals surface area contributed by atoms with Crippen molar-refractivity contribution in [1.29, 1.82) is 0 Å². The van der Waals surface area contributed by atoms with Crippen molar-refractivity contribution in [1.82, 2.24) is 14.8 Å². The van der Waals surface area contributed by atoms with Crippen LogP contribution in [-0.4, -0.2) is 58.7 Å². The van der Waals surface area contributed by atoms with Gasteiger partial charge < -0.3 is 9.88 Å². The molecule has 1 amide bonds. The first-order chi connectivity index (χ1) is 14.0. The second-order valence-electron chi connectivity index (χ2n) is 7.58. The Balaban J connectivity index is 1.41. The lowest BCUT2D eigenvalue weighted by molar-refractivity contribution is 0.0552. The van der Waals surface area contributed by atoms with Gasteiger partial charge in [-0.2, -0.15) is 0 Å². The highest BCUT2D eigenvalue weighted by molar-refractivity contribution is 6.10. The first-order valence-corrected chi connectivity index (χ1v) is 9.85. The van der Waals surface area contributed by atoms with E-state index in [9.17, 15) is 14.0 Å². The van der Waals surface area contributed by atoms with Gasteiger partial charge >= 0.3 is 0 Å². The molecule has 1 aliphatic rings. The van der Waals surface area contributed by atoms with Crippen LogP contribution in [0.5, 0.6) is 0 Å². The molecule has 0 aliphatic carbocycles. The van der Waals surface area contributed by atoms with Crippen molar-refractivity contribution in [2.45, 2.75) is 19.9 Å². The fourth-order valence-corrected chi connectivity index (χ4v) is 3.89. The highest BCUT2D eigenvalue weighted by Gasteiger charge is 2.29. The van der Waals surface area contributed by atoms with Gasteiger partial charge in [0.15, 0.2) is 5.78 Å². The van der Waals surface area contributed by atoms with Crippen molar-refractivity contribution in [2.24, 2.45) is 0 Å². The Morgan fingerprint density at radius 3 is 2.52 bits per heavy atom. The highest BCUT2D eigenvalue weighted by Crippen LogP contribution is 2.21. The molecule has 0 radical (unpaired) electrons. The monoisotopic (exact) mass is 393 g/mol. The quantitative estimate of drug-likeness (QED) is 0.689. The molecule has 1 aromatic heterocycles. The summed E-state index contributed by atoms with van der Waals surface area (Å²) in [6.45, 7) is 5.83. The Bertz CT molecular complexity index is 1070. The molecule has 1 N–H and O–H groups in total. The normalized spacial score (nSPS) is 16.2. The fourth-order valence-electron chi connectivity index (χ4n) is 3.89. The van der Waals surface area contributed by atoms with Crippen molar-refractivity contribution in [3.05, 3.63) is 71.2 Å². The largest absolute Gasteiger partial charge is 0.360 e. The minimum Gasteiger partial charge on any atom is -0.360 e. The maximum absolute atomic E-state index is 13.8. The summed E-state index contributed by atoms with van der Waals surface area (Å²) in [7, 11) is 0. The van der Waals surface area contributed by atoms with Crippen LogP contribution in [0.25, 0.3) is 10.9 Å². The number of carbonyl (C=O) groups excluding carboxylic acids is 2. The molecule has 3 aromatic rings. The first-order valence-electron chi connectivity index (χ1n) is 9.85. The Labute approximate surface area is 169 Å². The minimum absolute atomic E-state index is 0.0721. The van der Waals surface area contributed by atoms with Crippen LogP contribution in [0.15, 0.2) is 48.7 Å². The number of piperazine rings is 1. The molecule has 1 fully saturated rings. The van der Waals surface area contributed by atoms with Crippen LogP contribution >= 0.6 is 0 Å². The lowest BCUT2D eigenvalue weighted by Crippen LogP contribution is -2.53. The zero-order valence-corrected chi connectivity index (χ0v) is 16.6. The van der Waals surface area contributed by atoms with E-state index in [1.807, 2.05) is 31.2 Å². The van der Waals surface area contributed by atoms with Gasteiger partial charge in [-0.3, -0.25) is 14.5 Å². The molecule has 5 nitrogen and oxygen atoms in total. The zero-order chi connectivity index (χ0) is 20.5. The molecule has 0 bridgehead atoms. The molecule has 0 saturated carbocycles. The molecular formula is C23H24FN3O2. The van der Waals surface area contributed by atoms with E-state index < -0.39 is 0 Å². The molecule has 29 heavy (non-hydrogen) atoms. The zero-order valence-electron chi connectivity index (χ0n) is 16.6. The second kappa shape index (κ2) is 7.79. The molecule has 1 atom stereocenters. The van der Waals surface area contributed by atoms with Crippen LogP contribution in [0.2, 0.25) is 0 Å². The number of para-hydroxylation sites is 1. The summed E-state index contributed by atoms with van der Waals surface area (Å²) in [6, 6.07) is 12.1. The van der Waals surface area contributed by atoms with Gasteiger partial charge in [0.05, 0.1) is 6.04 Å². The Hall–Kier alpha value is -2.99. The average molecular weight is 393 g/mol. The molecule has 4 rings (SSSR count). The van der Waals surface area contributed by atoms with Gasteiger partial charge in [0.1, 0.15) is 5.82 Å². The average Bonchev–Trinajstić information content (AvgIpc) is 3.18. The second-order valence-corrected chi connectivity index (χ2v) is 7.58. The Morgan fingerprint density at radius 2 is 1.79 bits per heavy atom. The Morgan fingerprint density at radius 1 is 1.07 bits per heavy atom. The number of aryl methyl sites for hydroxylation is 1. The number of amides is 1. The van der Waals surface area contributed by atoms with Crippen LogP contribution in [0.1, 0.15) is 33.2 Å². The highest BCUT2D eigenvalue weighted by atomic mass is 19.1. The summed E-state index contributed by atoms with van der Waals surface area (Å²) >= 11 is 0. The van der Waals surface area contributed by atoms with Gasteiger partial charge in [-0.15, -0.1) is 0 Å². The number of aromatic nitrogens is 1. The number of nitrogens with one attached hydrogen (secondary N) is 1. The number of fused-ring (bicyclic) bond motifs is 1. The molecule has 150 valence electrons. The maximum Gasteiger partial charge on any atom is 0.254 e. The van der Waals surface area contributed by atoms with E-state index in [1.165, 1.54) is 6.07 Å². The standard InChI is InChI=1S/C23H24FN3O2/c1-15-7-8-17(13-20(15)24)23(29)27-11-9-26(10-12-27)16(2)22(28)19-14-25-21-6-4-3-5-18(19)21/h3-8,13-14,16,25H,9-12H2,1-2H3. The summed E-state index contributed by atoms with van der Waals surface area (Å²) in [5, 5.41) is 0.930. The van der Waals surface area contributed by atoms with E-state index in [4.69, 9.17) is 0 Å². The molecule has 2 aromatic carbocycles. The van der Waals surface area contributed by atoms with E-state index >= 15 is 0 Å². The summed E-state index contributed by atoms with van der Waals surface area (Å²) < 4.78 is 13.8. The molecule has 6 heteroatoms. The number of H-pyrrole nitrogens is 1. The number of ketones is 1. The number of nitrogens with zero attached hydrogens (tertiary/aromatic N) is 2. The number of halogens is 1. The third kappa shape index (κ3) is 3.68. The van der Waals surface area contributed by atoms with Gasteiger partial charge in [0, 0.05) is 54.4 Å². The van der Waals surface area contributed by atoms with Gasteiger partial charge in [0.25, 0.3) is 5.91 Å². The van der Waals surface area contributed by atoms with Crippen LogP contribution in [0.4, 0.5) is 4.39 Å². The van der Waals surface area contributed by atoms with E-state index in [2.05, 4.69) is 9.88 Å². The third-order valence-electron chi connectivity index (χ3n) is 5.80.